The standard InChI is InChI=1S/C36H28BrN3O7S/c1-3-46-35(42)31-32(23-7-5-4-6-8-23)38-36-39(33(31)24-11-16-28(45-2)17-12-24)34(41)30(48-36)20-25-19-26(37)13-18-29(25)47-21-22-9-14-27(15-10-22)40(43)44/h4-20,33H,3,21H2,1-2H3/b30-20-/t33-/m1/s1. The van der Waals surface area contributed by atoms with Gasteiger partial charge in [-0.2, -0.15) is 0 Å². The highest BCUT2D eigenvalue weighted by Gasteiger charge is 2.35. The Hall–Kier alpha value is -5.33. The van der Waals surface area contributed by atoms with Crippen molar-refractivity contribution in [3.8, 4) is 11.5 Å². The lowest BCUT2D eigenvalue weighted by molar-refractivity contribution is -0.384. The first kappa shape index (κ1) is 32.6. The van der Waals surface area contributed by atoms with Crippen LogP contribution in [0.3, 0.4) is 0 Å². The van der Waals surface area contributed by atoms with Crippen LogP contribution in [0.25, 0.3) is 11.8 Å². The number of nitrogens with zero attached hydrogens (tertiary/aromatic N) is 3. The molecule has 2 heterocycles. The number of thiazole rings is 1. The molecule has 0 saturated heterocycles. The van der Waals surface area contributed by atoms with Crippen molar-refractivity contribution in [3.05, 3.63) is 159 Å². The molecule has 4 aromatic carbocycles. The second kappa shape index (κ2) is 14.2. The molecule has 0 amide bonds. The molecule has 0 N–H and O–H groups in total. The lowest BCUT2D eigenvalue weighted by Gasteiger charge is -2.26. The van der Waals surface area contributed by atoms with Crippen LogP contribution in [0.4, 0.5) is 5.69 Å². The van der Waals surface area contributed by atoms with Crippen LogP contribution < -0.4 is 24.4 Å². The number of aromatic nitrogens is 1. The van der Waals surface area contributed by atoms with E-state index in [0.717, 1.165) is 10.0 Å². The van der Waals surface area contributed by atoms with Gasteiger partial charge in [-0.25, -0.2) is 9.79 Å². The summed E-state index contributed by atoms with van der Waals surface area (Å²) in [6, 6.07) is 27.3. The molecule has 12 heteroatoms. The second-order valence-electron chi connectivity index (χ2n) is 10.6. The maximum Gasteiger partial charge on any atom is 0.338 e. The Morgan fingerprint density at radius 2 is 1.77 bits per heavy atom. The molecule has 6 rings (SSSR count). The van der Waals surface area contributed by atoms with Crippen LogP contribution >= 0.6 is 27.3 Å². The molecule has 0 aliphatic carbocycles. The Morgan fingerprint density at radius 3 is 2.44 bits per heavy atom. The Labute approximate surface area is 287 Å². The van der Waals surface area contributed by atoms with Gasteiger partial charge in [-0.15, -0.1) is 0 Å². The molecule has 0 radical (unpaired) electrons. The van der Waals surface area contributed by atoms with E-state index in [4.69, 9.17) is 19.2 Å². The zero-order valence-electron chi connectivity index (χ0n) is 25.8. The van der Waals surface area contributed by atoms with Gasteiger partial charge in [0.1, 0.15) is 18.1 Å². The number of rotatable bonds is 10. The molecule has 1 atom stereocenters. The van der Waals surface area contributed by atoms with E-state index >= 15 is 0 Å². The molecule has 242 valence electrons. The SMILES string of the molecule is CCOC(=O)C1=C(c2ccccc2)N=c2s/c(=C\c3cc(Br)ccc3OCc3ccc([N+](=O)[O-])cc3)c(=O)n2[C@@H]1c1ccc(OC)cc1. The first-order chi connectivity index (χ1) is 23.3. The Balaban J connectivity index is 1.50. The van der Waals surface area contributed by atoms with Crippen molar-refractivity contribution < 1.29 is 23.9 Å². The number of hydrogen-bond acceptors (Lipinski definition) is 9. The molecule has 1 aliphatic heterocycles. The molecular weight excluding hydrogens is 698 g/mol. The fourth-order valence-electron chi connectivity index (χ4n) is 5.32. The number of fused-ring (bicyclic) bond motifs is 1. The van der Waals surface area contributed by atoms with E-state index < -0.39 is 16.9 Å². The van der Waals surface area contributed by atoms with E-state index in [1.54, 1.807) is 50.4 Å². The monoisotopic (exact) mass is 725 g/mol. The van der Waals surface area contributed by atoms with Gasteiger partial charge in [0.15, 0.2) is 4.80 Å². The van der Waals surface area contributed by atoms with Crippen LogP contribution in [0, 0.1) is 10.1 Å². The minimum absolute atomic E-state index is 0.00654. The molecule has 0 unspecified atom stereocenters. The van der Waals surface area contributed by atoms with Crippen molar-refractivity contribution in [2.45, 2.75) is 19.6 Å². The van der Waals surface area contributed by atoms with Crippen LogP contribution in [0.15, 0.2) is 117 Å². The van der Waals surface area contributed by atoms with Crippen LogP contribution in [-0.4, -0.2) is 29.2 Å². The average molecular weight is 727 g/mol. The number of methoxy groups -OCH3 is 1. The molecule has 5 aromatic rings. The summed E-state index contributed by atoms with van der Waals surface area (Å²) in [5.74, 6) is 0.572. The number of ether oxygens (including phenoxy) is 3. The van der Waals surface area contributed by atoms with Gasteiger partial charge >= 0.3 is 5.97 Å². The average Bonchev–Trinajstić information content (AvgIpc) is 3.41. The van der Waals surface area contributed by atoms with E-state index in [1.807, 2.05) is 54.6 Å². The van der Waals surface area contributed by atoms with Gasteiger partial charge in [0, 0.05) is 27.7 Å². The molecule has 1 aromatic heterocycles. The van der Waals surface area contributed by atoms with Gasteiger partial charge in [0.2, 0.25) is 0 Å². The predicted octanol–water partition coefficient (Wildman–Crippen LogP) is 6.19. The van der Waals surface area contributed by atoms with E-state index in [1.165, 1.54) is 28.0 Å². The summed E-state index contributed by atoms with van der Waals surface area (Å²) in [6.45, 7) is 2.04. The first-order valence-electron chi connectivity index (χ1n) is 14.9. The van der Waals surface area contributed by atoms with E-state index in [2.05, 4.69) is 15.9 Å². The zero-order valence-corrected chi connectivity index (χ0v) is 28.2. The quantitative estimate of drug-likeness (QED) is 0.0956. The van der Waals surface area contributed by atoms with Crippen molar-refractivity contribution in [1.82, 2.24) is 4.57 Å². The third-order valence-electron chi connectivity index (χ3n) is 7.61. The van der Waals surface area contributed by atoms with Crippen LogP contribution in [0.1, 0.15) is 35.2 Å². The summed E-state index contributed by atoms with van der Waals surface area (Å²) in [4.78, 5) is 43.9. The van der Waals surface area contributed by atoms with Crippen molar-refractivity contribution in [2.75, 3.05) is 13.7 Å². The molecule has 0 spiro atoms. The molecule has 10 nitrogen and oxygen atoms in total. The number of esters is 1. The summed E-state index contributed by atoms with van der Waals surface area (Å²) >= 11 is 4.72. The number of nitro benzene ring substituents is 1. The Morgan fingerprint density at radius 1 is 1.04 bits per heavy atom. The van der Waals surface area contributed by atoms with E-state index in [-0.39, 0.29) is 30.0 Å². The van der Waals surface area contributed by atoms with Crippen molar-refractivity contribution in [2.24, 2.45) is 4.99 Å². The number of halogens is 1. The summed E-state index contributed by atoms with van der Waals surface area (Å²) in [5.41, 5.74) is 3.11. The molecule has 0 bridgehead atoms. The lowest BCUT2D eigenvalue weighted by atomic mass is 9.93. The van der Waals surface area contributed by atoms with Gasteiger partial charge in [-0.1, -0.05) is 69.7 Å². The Kier molecular flexibility index (Phi) is 9.65. The maximum atomic E-state index is 14.3. The van der Waals surface area contributed by atoms with Crippen LogP contribution in [0.5, 0.6) is 11.5 Å². The summed E-state index contributed by atoms with van der Waals surface area (Å²) in [7, 11) is 1.57. The number of hydrogen-bond donors (Lipinski definition) is 0. The van der Waals surface area contributed by atoms with Crippen molar-refractivity contribution >= 4 is 50.7 Å². The van der Waals surface area contributed by atoms with E-state index in [0.29, 0.717) is 43.2 Å². The molecule has 48 heavy (non-hydrogen) atoms. The fraction of sp³-hybridized carbons (Fsp3) is 0.139. The normalized spacial score (nSPS) is 14.2. The predicted molar refractivity (Wildman–Crippen MR) is 186 cm³/mol. The van der Waals surface area contributed by atoms with Gasteiger partial charge < -0.3 is 14.2 Å². The van der Waals surface area contributed by atoms with E-state index in [9.17, 15) is 19.7 Å². The van der Waals surface area contributed by atoms with Gasteiger partial charge in [-0.05, 0) is 66.6 Å². The zero-order chi connectivity index (χ0) is 33.8. The minimum atomic E-state index is -0.830. The lowest BCUT2D eigenvalue weighted by Crippen LogP contribution is -2.40. The number of carbonyl (C=O) groups is 1. The molecular formula is C36H28BrN3O7S. The second-order valence-corrected chi connectivity index (χ2v) is 12.5. The van der Waals surface area contributed by atoms with Gasteiger partial charge in [-0.3, -0.25) is 19.5 Å². The molecule has 0 saturated carbocycles. The number of nitro groups is 1. The third-order valence-corrected chi connectivity index (χ3v) is 9.08. The molecule has 0 fully saturated rings. The third kappa shape index (κ3) is 6.71. The molecule has 1 aliphatic rings. The smallest absolute Gasteiger partial charge is 0.338 e. The summed E-state index contributed by atoms with van der Waals surface area (Å²) in [6.07, 6.45) is 1.74. The van der Waals surface area contributed by atoms with Crippen LogP contribution in [0.2, 0.25) is 0 Å². The fourth-order valence-corrected chi connectivity index (χ4v) is 6.69. The van der Waals surface area contributed by atoms with Crippen LogP contribution in [-0.2, 0) is 16.1 Å². The highest BCUT2D eigenvalue weighted by molar-refractivity contribution is 9.10. The van der Waals surface area contributed by atoms with Gasteiger partial charge in [0.05, 0.1) is 40.5 Å². The minimum Gasteiger partial charge on any atom is -0.497 e. The summed E-state index contributed by atoms with van der Waals surface area (Å²) in [5, 5.41) is 11.0. The maximum absolute atomic E-state index is 14.3. The Bertz CT molecular complexity index is 2210. The number of benzene rings is 4. The number of non-ortho nitro benzene ring substituents is 1. The highest BCUT2D eigenvalue weighted by Crippen LogP contribution is 2.36. The van der Waals surface area contributed by atoms with Crippen molar-refractivity contribution in [1.29, 1.82) is 0 Å². The first-order valence-corrected chi connectivity index (χ1v) is 16.5. The highest BCUT2D eigenvalue weighted by atomic mass is 79.9. The van der Waals surface area contributed by atoms with Crippen molar-refractivity contribution in [3.63, 3.8) is 0 Å². The topological polar surface area (TPSA) is 122 Å². The largest absolute Gasteiger partial charge is 0.497 e. The van der Waals surface area contributed by atoms with Gasteiger partial charge in [0.25, 0.3) is 11.2 Å². The number of carbonyl (C=O) groups excluding carboxylic acids is 1. The summed E-state index contributed by atoms with van der Waals surface area (Å²) < 4.78 is 19.7.